The monoisotopic (exact) mass is 526 g/mol. The fourth-order valence-electron chi connectivity index (χ4n) is 1.89. The van der Waals surface area contributed by atoms with Crippen LogP contribution < -0.4 is 0 Å². The van der Waals surface area contributed by atoms with Crippen LogP contribution in [0.2, 0.25) is 19.6 Å². The fourth-order valence-corrected chi connectivity index (χ4v) is 4.30. The van der Waals surface area contributed by atoms with Crippen molar-refractivity contribution in [3.05, 3.63) is 4.13 Å². The largest absolute Gasteiger partial charge is 0.480 e. The molecule has 16 heteroatoms. The van der Waals surface area contributed by atoms with Crippen molar-refractivity contribution in [3.8, 4) is 0 Å². The van der Waals surface area contributed by atoms with Gasteiger partial charge in [0.2, 0.25) is 0 Å². The van der Waals surface area contributed by atoms with E-state index in [4.69, 9.17) is 4.43 Å². The minimum Gasteiger partial charge on any atom is -0.421 e. The lowest BCUT2D eigenvalue weighted by Crippen LogP contribution is -2.44. The van der Waals surface area contributed by atoms with E-state index in [9.17, 15) is 43.2 Å². The van der Waals surface area contributed by atoms with Gasteiger partial charge >= 0.3 is 11.0 Å². The van der Waals surface area contributed by atoms with Crippen molar-refractivity contribution in [2.24, 2.45) is 0 Å². The van der Waals surface area contributed by atoms with Crippen LogP contribution in [0.1, 0.15) is 32.6 Å². The SMILES string of the molecule is CCCCCC[N+](C)(C)CCO[Si](C)(C)C.O=S(=O)([N-]S(=O)(=O)C(F)(F)F)C(F)(F)F. The standard InChI is InChI=1S/C13H32NOSi.C2F6NO4S2/c1-7-8-9-10-11-14(2,3)12-13-15-16(4,5)6;3-1(4,5)14(10,11)9-15(12,13)2(6,7)8/h7-13H2,1-6H3;/q+1;-1. The summed E-state index contributed by atoms with van der Waals surface area (Å²) < 4.78 is 116. The normalized spacial score (nSPS) is 14.2. The molecule has 0 heterocycles. The molecule has 31 heavy (non-hydrogen) atoms. The summed E-state index contributed by atoms with van der Waals surface area (Å²) in [5, 5.41) is 0. The smallest absolute Gasteiger partial charge is 0.421 e. The van der Waals surface area contributed by atoms with Gasteiger partial charge in [-0.1, -0.05) is 19.8 Å². The molecule has 0 saturated heterocycles. The van der Waals surface area contributed by atoms with E-state index < -0.39 is 39.4 Å². The van der Waals surface area contributed by atoms with Crippen molar-refractivity contribution < 1.29 is 52.1 Å². The van der Waals surface area contributed by atoms with Crippen molar-refractivity contribution in [3.63, 3.8) is 0 Å². The molecule has 0 atom stereocenters. The first-order valence-corrected chi connectivity index (χ1v) is 15.6. The number of hydrogen-bond donors (Lipinski definition) is 0. The van der Waals surface area contributed by atoms with Crippen molar-refractivity contribution >= 4 is 28.4 Å². The maximum atomic E-state index is 11.4. The van der Waals surface area contributed by atoms with Gasteiger partial charge in [-0.2, -0.15) is 26.3 Å². The number of unbranched alkanes of at least 4 members (excludes halogenated alkanes) is 3. The molecule has 0 aliphatic heterocycles. The van der Waals surface area contributed by atoms with E-state index >= 15 is 0 Å². The van der Waals surface area contributed by atoms with Gasteiger partial charge in [0, 0.05) is 0 Å². The van der Waals surface area contributed by atoms with Crippen LogP contribution in [-0.4, -0.2) is 74.4 Å². The molecule has 7 nitrogen and oxygen atoms in total. The highest BCUT2D eigenvalue weighted by molar-refractivity contribution is 8.13. The molecule has 0 aliphatic rings. The van der Waals surface area contributed by atoms with Crippen LogP contribution in [-0.2, 0) is 24.5 Å². The Kier molecular flexibility index (Phi) is 12.8. The molecule has 0 spiro atoms. The average Bonchev–Trinajstić information content (AvgIpc) is 2.47. The minimum absolute atomic E-state index is 0.778. The lowest BCUT2D eigenvalue weighted by molar-refractivity contribution is -0.890. The Morgan fingerprint density at radius 2 is 1.23 bits per heavy atom. The molecule has 0 bridgehead atoms. The van der Waals surface area contributed by atoms with Gasteiger partial charge in [-0.15, -0.1) is 0 Å². The van der Waals surface area contributed by atoms with E-state index in [1.807, 2.05) is 0 Å². The average molecular weight is 527 g/mol. The number of nitrogens with zero attached hydrogens (tertiary/aromatic N) is 2. The molecule has 0 radical (unpaired) electrons. The Balaban J connectivity index is 0. The molecule has 190 valence electrons. The zero-order valence-electron chi connectivity index (χ0n) is 18.5. The predicted octanol–water partition coefficient (Wildman–Crippen LogP) is 4.55. The predicted molar refractivity (Wildman–Crippen MR) is 109 cm³/mol. The zero-order valence-corrected chi connectivity index (χ0v) is 21.1. The second-order valence-corrected chi connectivity index (χ2v) is 16.3. The highest BCUT2D eigenvalue weighted by Crippen LogP contribution is 2.36. The summed E-state index contributed by atoms with van der Waals surface area (Å²) in [6, 6.07) is 0. The van der Waals surface area contributed by atoms with Gasteiger partial charge in [-0.25, -0.2) is 16.8 Å². The van der Waals surface area contributed by atoms with Gasteiger partial charge < -0.3 is 13.0 Å². The molecule has 0 saturated carbocycles. The molecule has 0 fully saturated rings. The van der Waals surface area contributed by atoms with Crippen LogP contribution in [0.4, 0.5) is 26.3 Å². The summed E-state index contributed by atoms with van der Waals surface area (Å²) in [6.45, 7) is 12.4. The molecule has 0 aromatic rings. The number of likely N-dealkylation sites (N-methyl/N-ethyl adjacent to an activating group) is 1. The Labute approximate surface area is 182 Å². The first-order chi connectivity index (χ1) is 13.5. The van der Waals surface area contributed by atoms with Gasteiger partial charge in [0.05, 0.1) is 27.2 Å². The van der Waals surface area contributed by atoms with Crippen LogP contribution in [0.15, 0.2) is 0 Å². The summed E-state index contributed by atoms with van der Waals surface area (Å²) in [5.74, 6) is 0. The van der Waals surface area contributed by atoms with Gasteiger partial charge in [-0.05, 0) is 32.5 Å². The minimum atomic E-state index is -6.72. The van der Waals surface area contributed by atoms with E-state index in [-0.39, 0.29) is 0 Å². The molecular formula is C15H32F6N2O5S2Si. The number of hydrogen-bond acceptors (Lipinski definition) is 5. The topological polar surface area (TPSA) is 91.6 Å². The van der Waals surface area contributed by atoms with E-state index in [1.165, 1.54) is 32.2 Å². The highest BCUT2D eigenvalue weighted by atomic mass is 32.3. The number of quaternary nitrogens is 1. The molecule has 0 aromatic heterocycles. The number of sulfonamides is 2. The van der Waals surface area contributed by atoms with E-state index in [0.29, 0.717) is 0 Å². The summed E-state index contributed by atoms with van der Waals surface area (Å²) in [4.78, 5) is 0. The molecule has 0 N–H and O–H groups in total. The molecule has 0 amide bonds. The summed E-state index contributed by atoms with van der Waals surface area (Å²) >= 11 is 0. The number of halogens is 6. The van der Waals surface area contributed by atoms with Gasteiger partial charge in [0.15, 0.2) is 28.4 Å². The first kappa shape index (κ1) is 32.8. The van der Waals surface area contributed by atoms with Crippen LogP contribution in [0, 0.1) is 0 Å². The van der Waals surface area contributed by atoms with Crippen molar-refractivity contribution in [1.82, 2.24) is 0 Å². The quantitative estimate of drug-likeness (QED) is 0.170. The Morgan fingerprint density at radius 3 is 1.55 bits per heavy atom. The third kappa shape index (κ3) is 15.1. The van der Waals surface area contributed by atoms with Crippen LogP contribution in [0.25, 0.3) is 4.13 Å². The summed E-state index contributed by atoms with van der Waals surface area (Å²) in [6.07, 6.45) is 5.44. The van der Waals surface area contributed by atoms with E-state index in [1.54, 1.807) is 0 Å². The third-order valence-corrected chi connectivity index (χ3v) is 7.44. The van der Waals surface area contributed by atoms with E-state index in [0.717, 1.165) is 21.8 Å². The van der Waals surface area contributed by atoms with Crippen molar-refractivity contribution in [1.29, 1.82) is 0 Å². The van der Waals surface area contributed by atoms with Gasteiger partial charge in [-0.3, -0.25) is 0 Å². The second kappa shape index (κ2) is 12.2. The lowest BCUT2D eigenvalue weighted by Gasteiger charge is -2.31. The van der Waals surface area contributed by atoms with E-state index in [2.05, 4.69) is 40.7 Å². The van der Waals surface area contributed by atoms with Crippen LogP contribution >= 0.6 is 0 Å². The summed E-state index contributed by atoms with van der Waals surface area (Å²) in [5.41, 5.74) is -12.4. The van der Waals surface area contributed by atoms with Gasteiger partial charge in [0.1, 0.15) is 6.54 Å². The third-order valence-electron chi connectivity index (χ3n) is 3.63. The molecule has 0 aliphatic carbocycles. The Hall–Kier alpha value is -0.423. The molecule has 0 aromatic carbocycles. The lowest BCUT2D eigenvalue weighted by atomic mass is 10.2. The van der Waals surface area contributed by atoms with Crippen LogP contribution in [0.3, 0.4) is 0 Å². The highest BCUT2D eigenvalue weighted by Gasteiger charge is 2.46. The summed E-state index contributed by atoms with van der Waals surface area (Å²) in [7, 11) is -10.1. The Bertz CT molecular complexity index is 690. The molecule has 0 rings (SSSR count). The second-order valence-electron chi connectivity index (χ2n) is 8.32. The van der Waals surface area contributed by atoms with Crippen molar-refractivity contribution in [2.75, 3.05) is 33.8 Å². The number of rotatable bonds is 11. The van der Waals surface area contributed by atoms with Gasteiger partial charge in [0.25, 0.3) is 0 Å². The Morgan fingerprint density at radius 1 is 0.806 bits per heavy atom. The first-order valence-electron chi connectivity index (χ1n) is 9.30. The fraction of sp³-hybridized carbons (Fsp3) is 1.00. The van der Waals surface area contributed by atoms with Crippen LogP contribution in [0.5, 0.6) is 0 Å². The molecular weight excluding hydrogens is 494 g/mol. The van der Waals surface area contributed by atoms with Crippen molar-refractivity contribution in [2.45, 2.75) is 63.3 Å². The zero-order chi connectivity index (χ0) is 25.4. The maximum absolute atomic E-state index is 11.4. The number of alkyl halides is 6. The molecule has 0 unspecified atom stereocenters. The maximum Gasteiger partial charge on any atom is 0.480 e.